The number of amides is 3. The lowest BCUT2D eigenvalue weighted by atomic mass is 9.79. The number of likely N-dealkylation sites (tertiary alicyclic amines) is 1. The van der Waals surface area contributed by atoms with Crippen LogP contribution in [0.4, 0.5) is 11.4 Å². The normalized spacial score (nSPS) is 24.1. The van der Waals surface area contributed by atoms with Crippen LogP contribution < -0.4 is 25.2 Å². The third kappa shape index (κ3) is 6.66. The van der Waals surface area contributed by atoms with E-state index in [0.29, 0.717) is 50.5 Å². The van der Waals surface area contributed by atoms with Gasteiger partial charge in [-0.3, -0.25) is 14.4 Å². The zero-order chi connectivity index (χ0) is 32.5. The number of carbonyl (C=O) groups excluding carboxylic acids is 3. The van der Waals surface area contributed by atoms with Gasteiger partial charge in [0.25, 0.3) is 5.91 Å². The second-order valence-corrected chi connectivity index (χ2v) is 14.0. The van der Waals surface area contributed by atoms with E-state index in [4.69, 9.17) is 9.47 Å². The first-order valence-corrected chi connectivity index (χ1v) is 16.9. The fourth-order valence-corrected chi connectivity index (χ4v) is 7.25. The highest BCUT2D eigenvalue weighted by Crippen LogP contribution is 2.43. The summed E-state index contributed by atoms with van der Waals surface area (Å²) in [6, 6.07) is 16.1. The molecule has 0 spiro atoms. The molecule has 3 fully saturated rings. The quantitative estimate of drug-likeness (QED) is 0.386. The third-order valence-electron chi connectivity index (χ3n) is 10.1. The second-order valence-electron chi connectivity index (χ2n) is 14.0. The first-order chi connectivity index (χ1) is 22.1. The van der Waals surface area contributed by atoms with Gasteiger partial charge in [0.05, 0.1) is 23.1 Å². The fraction of sp³-hybridized carbons (Fsp3) is 0.583. The Balaban J connectivity index is 1.20. The van der Waals surface area contributed by atoms with E-state index >= 15 is 0 Å². The van der Waals surface area contributed by atoms with Crippen molar-refractivity contribution in [3.8, 4) is 5.75 Å². The summed E-state index contributed by atoms with van der Waals surface area (Å²) in [5.74, 6) is -0.0843. The third-order valence-corrected chi connectivity index (χ3v) is 10.1. The molecule has 10 nitrogen and oxygen atoms in total. The highest BCUT2D eigenvalue weighted by Gasteiger charge is 2.44. The minimum atomic E-state index is -0.983. The maximum Gasteiger partial charge on any atom is 0.270 e. The lowest BCUT2D eigenvalue weighted by Gasteiger charge is -2.43. The van der Waals surface area contributed by atoms with Gasteiger partial charge in [-0.2, -0.15) is 0 Å². The first kappa shape index (κ1) is 32.5. The molecule has 6 rings (SSSR count). The summed E-state index contributed by atoms with van der Waals surface area (Å²) in [5.41, 5.74) is 1.19. The molecule has 0 bridgehead atoms. The predicted octanol–water partition coefficient (Wildman–Crippen LogP) is 3.69. The molecule has 0 unspecified atom stereocenters. The number of hydrogen-bond acceptors (Lipinski definition) is 7. The number of rotatable bonds is 10. The zero-order valence-corrected chi connectivity index (χ0v) is 27.7. The minimum absolute atomic E-state index is 0.00938. The van der Waals surface area contributed by atoms with E-state index in [-0.39, 0.29) is 35.6 Å². The topological polar surface area (TPSA) is 103 Å². The van der Waals surface area contributed by atoms with Crippen molar-refractivity contribution in [3.05, 3.63) is 54.1 Å². The fourth-order valence-electron chi connectivity index (χ4n) is 7.25. The van der Waals surface area contributed by atoms with Crippen LogP contribution in [0, 0.1) is 11.8 Å². The van der Waals surface area contributed by atoms with Crippen LogP contribution in [-0.2, 0) is 24.7 Å². The molecule has 1 saturated carbocycles. The van der Waals surface area contributed by atoms with Gasteiger partial charge in [0.2, 0.25) is 11.8 Å². The zero-order valence-electron chi connectivity index (χ0n) is 27.7. The molecule has 3 heterocycles. The van der Waals surface area contributed by atoms with Crippen LogP contribution in [0.15, 0.2) is 48.5 Å². The molecular formula is C36H49N5O5. The summed E-state index contributed by atoms with van der Waals surface area (Å²) in [6.07, 6.45) is 4.74. The highest BCUT2D eigenvalue weighted by molar-refractivity contribution is 6.04. The number of nitrogens with one attached hydrogen (secondary N) is 2. The molecule has 3 aliphatic heterocycles. The average Bonchev–Trinajstić information content (AvgIpc) is 3.90. The maximum atomic E-state index is 14.3. The lowest BCUT2D eigenvalue weighted by Crippen LogP contribution is -2.56. The molecule has 2 aromatic rings. The van der Waals surface area contributed by atoms with Gasteiger partial charge in [0.1, 0.15) is 5.75 Å². The Hall–Kier alpha value is -3.47. The number of ether oxygens (including phenoxy) is 2. The van der Waals surface area contributed by atoms with Gasteiger partial charge in [-0.1, -0.05) is 30.3 Å². The number of nitrogens with zero attached hydrogens (tertiary/aromatic N) is 3. The summed E-state index contributed by atoms with van der Waals surface area (Å²) >= 11 is 0. The molecular weight excluding hydrogens is 582 g/mol. The van der Waals surface area contributed by atoms with E-state index in [1.165, 1.54) is 0 Å². The van der Waals surface area contributed by atoms with Gasteiger partial charge in [-0.25, -0.2) is 0 Å². The van der Waals surface area contributed by atoms with Crippen molar-refractivity contribution in [2.75, 3.05) is 63.3 Å². The monoisotopic (exact) mass is 631 g/mol. The molecule has 0 radical (unpaired) electrons. The van der Waals surface area contributed by atoms with Crippen LogP contribution in [-0.4, -0.2) is 87.8 Å². The summed E-state index contributed by atoms with van der Waals surface area (Å²) < 4.78 is 11.4. The van der Waals surface area contributed by atoms with E-state index in [1.54, 1.807) is 25.9 Å². The van der Waals surface area contributed by atoms with Gasteiger partial charge in [0, 0.05) is 58.2 Å². The Morgan fingerprint density at radius 3 is 2.48 bits per heavy atom. The number of fused-ring (bicyclic) bond motifs is 1. The van der Waals surface area contributed by atoms with Crippen molar-refractivity contribution in [1.29, 1.82) is 0 Å². The SMILES string of the molecule is COCCCN1C(=O)C(C)(C)Oc2ccc(N(C(=O)[C@H]3CNC[C@@H](C(=O)NC4(c5ccccc5)CCN(C)CC4)C3)C3CC3)cc21. The lowest BCUT2D eigenvalue weighted by molar-refractivity contribution is -0.133. The van der Waals surface area contributed by atoms with Crippen molar-refractivity contribution in [3.63, 3.8) is 0 Å². The van der Waals surface area contributed by atoms with Crippen molar-refractivity contribution < 1.29 is 23.9 Å². The average molecular weight is 632 g/mol. The van der Waals surface area contributed by atoms with Gasteiger partial charge in [-0.05, 0) is 83.2 Å². The van der Waals surface area contributed by atoms with E-state index in [2.05, 4.69) is 34.7 Å². The van der Waals surface area contributed by atoms with E-state index in [0.717, 1.165) is 50.0 Å². The number of anilines is 2. The summed E-state index contributed by atoms with van der Waals surface area (Å²) in [4.78, 5) is 47.6. The van der Waals surface area contributed by atoms with Gasteiger partial charge < -0.3 is 34.8 Å². The molecule has 10 heteroatoms. The molecule has 46 heavy (non-hydrogen) atoms. The highest BCUT2D eigenvalue weighted by atomic mass is 16.5. The molecule has 3 amide bonds. The summed E-state index contributed by atoms with van der Waals surface area (Å²) in [6.45, 7) is 7.51. The number of hydrogen-bond donors (Lipinski definition) is 2. The Morgan fingerprint density at radius 1 is 1.07 bits per heavy atom. The maximum absolute atomic E-state index is 14.3. The van der Waals surface area contributed by atoms with E-state index in [1.807, 2.05) is 41.3 Å². The standard InChI is InChI=1S/C36H49N5O5/c1-35(2)34(44)40(17-8-20-45-4)30-22-29(13-14-31(30)46-35)41(28-11-12-28)33(43)26-21-25(23-37-24-26)32(42)38-36(15-18-39(3)19-16-36)27-9-6-5-7-10-27/h5-7,9-10,13-14,22,25-26,28,37H,8,11-12,15-21,23-24H2,1-4H3,(H,38,42)/t25-,26+/m0/s1. The van der Waals surface area contributed by atoms with Gasteiger partial charge >= 0.3 is 0 Å². The van der Waals surface area contributed by atoms with Gasteiger partial charge in [-0.15, -0.1) is 0 Å². The van der Waals surface area contributed by atoms with Crippen molar-refractivity contribution in [1.82, 2.24) is 15.5 Å². The van der Waals surface area contributed by atoms with Crippen molar-refractivity contribution in [2.45, 2.75) is 69.6 Å². The number of methoxy groups -OCH3 is 1. The molecule has 2 aromatic carbocycles. The number of benzene rings is 2. The second kappa shape index (κ2) is 13.3. The van der Waals surface area contributed by atoms with E-state index < -0.39 is 11.1 Å². The van der Waals surface area contributed by atoms with Crippen LogP contribution in [0.3, 0.4) is 0 Å². The Morgan fingerprint density at radius 2 is 1.78 bits per heavy atom. The molecule has 2 saturated heterocycles. The molecule has 2 N–H and O–H groups in total. The van der Waals surface area contributed by atoms with Crippen LogP contribution in [0.25, 0.3) is 0 Å². The van der Waals surface area contributed by atoms with Crippen LogP contribution >= 0.6 is 0 Å². The first-order valence-electron chi connectivity index (χ1n) is 16.9. The van der Waals surface area contributed by atoms with Crippen LogP contribution in [0.1, 0.15) is 57.9 Å². The Bertz CT molecular complexity index is 1420. The largest absolute Gasteiger partial charge is 0.476 e. The minimum Gasteiger partial charge on any atom is -0.476 e. The van der Waals surface area contributed by atoms with Crippen molar-refractivity contribution >= 4 is 29.1 Å². The molecule has 248 valence electrons. The Labute approximate surface area is 272 Å². The van der Waals surface area contributed by atoms with E-state index in [9.17, 15) is 14.4 Å². The molecule has 2 atom stereocenters. The molecule has 0 aromatic heterocycles. The smallest absolute Gasteiger partial charge is 0.270 e. The molecule has 4 aliphatic rings. The molecule has 1 aliphatic carbocycles. The van der Waals surface area contributed by atoms with Crippen LogP contribution in [0.5, 0.6) is 5.75 Å². The van der Waals surface area contributed by atoms with Gasteiger partial charge in [0.15, 0.2) is 5.60 Å². The number of carbonyl (C=O) groups is 3. The Kier molecular flexibility index (Phi) is 9.41. The summed E-state index contributed by atoms with van der Waals surface area (Å²) in [7, 11) is 3.78. The predicted molar refractivity (Wildman–Crippen MR) is 178 cm³/mol. The number of piperidine rings is 2. The van der Waals surface area contributed by atoms with Crippen LogP contribution in [0.2, 0.25) is 0 Å². The summed E-state index contributed by atoms with van der Waals surface area (Å²) in [5, 5.41) is 6.88. The van der Waals surface area contributed by atoms with Crippen molar-refractivity contribution in [2.24, 2.45) is 11.8 Å².